The van der Waals surface area contributed by atoms with Crippen LogP contribution in [0.15, 0.2) is 15.1 Å². The van der Waals surface area contributed by atoms with E-state index >= 15 is 0 Å². The molecule has 0 amide bonds. The normalized spacial score (nSPS) is 10.8. The van der Waals surface area contributed by atoms with Crippen molar-refractivity contribution in [2.24, 2.45) is 0 Å². The van der Waals surface area contributed by atoms with Crippen molar-refractivity contribution in [3.05, 3.63) is 19.2 Å². The lowest BCUT2D eigenvalue weighted by atomic mass is 10.3. The van der Waals surface area contributed by atoms with Crippen LogP contribution in [0, 0.1) is 0 Å². The highest BCUT2D eigenvalue weighted by molar-refractivity contribution is 9.10. The van der Waals surface area contributed by atoms with Gasteiger partial charge in [-0.2, -0.15) is 0 Å². The summed E-state index contributed by atoms with van der Waals surface area (Å²) in [5.41, 5.74) is 6.20. The monoisotopic (exact) mass is 312 g/mol. The SMILES string of the molecule is Nc1noc(-c2cc(Cl)sc2Cl)c1Br. The molecule has 2 aromatic rings. The van der Waals surface area contributed by atoms with E-state index in [-0.39, 0.29) is 0 Å². The van der Waals surface area contributed by atoms with Gasteiger partial charge in [-0.3, -0.25) is 0 Å². The highest BCUT2D eigenvalue weighted by Crippen LogP contribution is 2.42. The summed E-state index contributed by atoms with van der Waals surface area (Å²) in [7, 11) is 0. The maximum absolute atomic E-state index is 5.95. The van der Waals surface area contributed by atoms with E-state index in [1.807, 2.05) is 0 Å². The number of nitrogen functional groups attached to an aromatic ring is 1. The number of halogens is 3. The lowest BCUT2D eigenvalue weighted by Gasteiger charge is -1.91. The van der Waals surface area contributed by atoms with Gasteiger partial charge in [0, 0.05) is 0 Å². The van der Waals surface area contributed by atoms with Gasteiger partial charge in [0.05, 0.1) is 9.90 Å². The van der Waals surface area contributed by atoms with Gasteiger partial charge in [0.1, 0.15) is 8.81 Å². The minimum atomic E-state index is 0.290. The second-order valence-corrected chi connectivity index (χ2v) is 5.53. The zero-order chi connectivity index (χ0) is 10.3. The Morgan fingerprint density at radius 2 is 2.21 bits per heavy atom. The van der Waals surface area contributed by atoms with Gasteiger partial charge in [0.25, 0.3) is 0 Å². The van der Waals surface area contributed by atoms with Crippen molar-refractivity contribution >= 4 is 56.3 Å². The van der Waals surface area contributed by atoms with Crippen LogP contribution in [0.5, 0.6) is 0 Å². The molecule has 2 N–H and O–H groups in total. The average Bonchev–Trinajstić information content (AvgIpc) is 2.59. The largest absolute Gasteiger partial charge is 0.380 e. The topological polar surface area (TPSA) is 52.0 Å². The van der Waals surface area contributed by atoms with Crippen LogP contribution in [-0.4, -0.2) is 5.16 Å². The molecule has 14 heavy (non-hydrogen) atoms. The lowest BCUT2D eigenvalue weighted by Crippen LogP contribution is -1.83. The van der Waals surface area contributed by atoms with E-state index in [4.69, 9.17) is 33.5 Å². The zero-order valence-corrected chi connectivity index (χ0v) is 10.5. The summed E-state index contributed by atoms with van der Waals surface area (Å²) in [5, 5.41) is 3.60. The van der Waals surface area contributed by atoms with Crippen molar-refractivity contribution in [1.82, 2.24) is 5.16 Å². The van der Waals surface area contributed by atoms with E-state index in [1.165, 1.54) is 11.3 Å². The number of anilines is 1. The molecule has 0 unspecified atom stereocenters. The van der Waals surface area contributed by atoms with Crippen molar-refractivity contribution in [1.29, 1.82) is 0 Å². The Labute approximate surface area is 102 Å². The first kappa shape index (κ1) is 10.3. The van der Waals surface area contributed by atoms with Crippen molar-refractivity contribution in [3.8, 4) is 11.3 Å². The highest BCUT2D eigenvalue weighted by Gasteiger charge is 2.18. The molecule has 74 valence electrons. The Balaban J connectivity index is 2.59. The van der Waals surface area contributed by atoms with Crippen LogP contribution in [0.2, 0.25) is 8.67 Å². The number of nitrogens with two attached hydrogens (primary N) is 1. The van der Waals surface area contributed by atoms with E-state index in [9.17, 15) is 0 Å². The van der Waals surface area contributed by atoms with E-state index in [0.717, 1.165) is 0 Å². The first-order valence-corrected chi connectivity index (χ1v) is 5.82. The Morgan fingerprint density at radius 1 is 1.50 bits per heavy atom. The van der Waals surface area contributed by atoms with Crippen LogP contribution < -0.4 is 5.73 Å². The molecule has 0 aliphatic rings. The first-order valence-electron chi connectivity index (χ1n) is 3.45. The van der Waals surface area contributed by atoms with Crippen molar-refractivity contribution in [2.45, 2.75) is 0 Å². The maximum Gasteiger partial charge on any atom is 0.185 e. The van der Waals surface area contributed by atoms with Gasteiger partial charge < -0.3 is 10.3 Å². The van der Waals surface area contributed by atoms with Gasteiger partial charge in [-0.15, -0.1) is 11.3 Å². The summed E-state index contributed by atoms with van der Waals surface area (Å²) in [6.45, 7) is 0. The number of aromatic nitrogens is 1. The van der Waals surface area contributed by atoms with Crippen molar-refractivity contribution in [3.63, 3.8) is 0 Å². The maximum atomic E-state index is 5.95. The third-order valence-corrected chi connectivity index (χ3v) is 3.81. The van der Waals surface area contributed by atoms with Crippen LogP contribution in [0.4, 0.5) is 5.82 Å². The summed E-state index contributed by atoms with van der Waals surface area (Å²) in [6.07, 6.45) is 0. The number of rotatable bonds is 1. The van der Waals surface area contributed by atoms with Gasteiger partial charge in [0.2, 0.25) is 0 Å². The standard InChI is InChI=1S/C7H3BrCl2N2OS/c8-4-5(13-12-7(4)11)2-1-3(9)14-6(2)10/h1H,(H2,11,12). The molecule has 0 atom stereocenters. The number of hydrogen-bond acceptors (Lipinski definition) is 4. The third-order valence-electron chi connectivity index (χ3n) is 1.56. The van der Waals surface area contributed by atoms with Crippen LogP contribution in [0.25, 0.3) is 11.3 Å². The van der Waals surface area contributed by atoms with E-state index in [0.29, 0.717) is 30.3 Å². The molecule has 7 heteroatoms. The molecule has 0 saturated heterocycles. The van der Waals surface area contributed by atoms with Gasteiger partial charge >= 0.3 is 0 Å². The summed E-state index contributed by atoms with van der Waals surface area (Å²) in [6, 6.07) is 1.71. The Morgan fingerprint density at radius 3 is 2.64 bits per heavy atom. The van der Waals surface area contributed by atoms with Gasteiger partial charge in [-0.1, -0.05) is 28.4 Å². The molecule has 0 saturated carbocycles. The lowest BCUT2D eigenvalue weighted by molar-refractivity contribution is 0.435. The molecule has 0 radical (unpaired) electrons. The number of thiophene rings is 1. The highest BCUT2D eigenvalue weighted by atomic mass is 79.9. The molecular weight excluding hydrogens is 311 g/mol. The van der Waals surface area contributed by atoms with Gasteiger partial charge in [-0.25, -0.2) is 0 Å². The fraction of sp³-hybridized carbons (Fsp3) is 0. The number of hydrogen-bond donors (Lipinski definition) is 1. The quantitative estimate of drug-likeness (QED) is 0.864. The minimum Gasteiger partial charge on any atom is -0.380 e. The molecule has 0 fully saturated rings. The predicted molar refractivity (Wildman–Crippen MR) is 61.9 cm³/mol. The first-order chi connectivity index (χ1) is 6.59. The molecule has 0 aliphatic heterocycles. The number of nitrogens with zero attached hydrogens (tertiary/aromatic N) is 1. The van der Waals surface area contributed by atoms with Gasteiger partial charge in [-0.05, 0) is 22.0 Å². The van der Waals surface area contributed by atoms with Crippen LogP contribution in [-0.2, 0) is 0 Å². The Hall–Kier alpha value is -0.230. The molecule has 3 nitrogen and oxygen atoms in total. The predicted octanol–water partition coefficient (Wildman–Crippen LogP) is 4.05. The van der Waals surface area contributed by atoms with Crippen molar-refractivity contribution in [2.75, 3.05) is 5.73 Å². The molecule has 0 aromatic carbocycles. The Bertz CT molecular complexity index is 482. The van der Waals surface area contributed by atoms with E-state index < -0.39 is 0 Å². The summed E-state index contributed by atoms with van der Waals surface area (Å²) >= 11 is 16.3. The van der Waals surface area contributed by atoms with Gasteiger partial charge in [0.15, 0.2) is 11.6 Å². The summed E-state index contributed by atoms with van der Waals surface area (Å²) in [4.78, 5) is 0. The molecule has 0 spiro atoms. The Kier molecular flexibility index (Phi) is 2.74. The van der Waals surface area contributed by atoms with Crippen molar-refractivity contribution < 1.29 is 4.52 Å². The second-order valence-electron chi connectivity index (χ2n) is 2.45. The summed E-state index contributed by atoms with van der Waals surface area (Å²) in [5.74, 6) is 0.786. The smallest absolute Gasteiger partial charge is 0.185 e. The molecule has 2 heterocycles. The fourth-order valence-electron chi connectivity index (χ4n) is 0.954. The van der Waals surface area contributed by atoms with E-state index in [1.54, 1.807) is 6.07 Å². The molecule has 0 aliphatic carbocycles. The van der Waals surface area contributed by atoms with Crippen LogP contribution in [0.3, 0.4) is 0 Å². The second kappa shape index (κ2) is 3.73. The molecule has 2 rings (SSSR count). The van der Waals surface area contributed by atoms with E-state index in [2.05, 4.69) is 21.1 Å². The summed E-state index contributed by atoms with van der Waals surface area (Å²) < 4.78 is 6.75. The third kappa shape index (κ3) is 1.65. The average molecular weight is 314 g/mol. The fourth-order valence-corrected chi connectivity index (χ4v) is 2.77. The molecule has 2 aromatic heterocycles. The molecule has 0 bridgehead atoms. The zero-order valence-electron chi connectivity index (χ0n) is 6.55. The molecular formula is C7H3BrCl2N2OS. The van der Waals surface area contributed by atoms with Crippen LogP contribution >= 0.6 is 50.5 Å². The minimum absolute atomic E-state index is 0.290. The van der Waals surface area contributed by atoms with Crippen LogP contribution in [0.1, 0.15) is 0 Å².